The largest absolute Gasteiger partial charge is 0.375 e. The summed E-state index contributed by atoms with van der Waals surface area (Å²) >= 11 is 0. The van der Waals surface area contributed by atoms with Crippen molar-refractivity contribution in [3.05, 3.63) is 29.8 Å². The quantitative estimate of drug-likeness (QED) is 0.662. The molecular formula is C26H38N4O4. The molecule has 0 bridgehead atoms. The van der Waals surface area contributed by atoms with Crippen LogP contribution in [-0.2, 0) is 9.53 Å². The molecule has 0 saturated carbocycles. The van der Waals surface area contributed by atoms with Gasteiger partial charge in [0.05, 0.1) is 12.2 Å². The molecule has 34 heavy (non-hydrogen) atoms. The molecule has 0 unspecified atom stereocenters. The van der Waals surface area contributed by atoms with Gasteiger partial charge in [-0.15, -0.1) is 0 Å². The van der Waals surface area contributed by atoms with Gasteiger partial charge in [-0.2, -0.15) is 0 Å². The van der Waals surface area contributed by atoms with Gasteiger partial charge in [0.2, 0.25) is 5.91 Å². The number of nitrogens with zero attached hydrogens (tertiary/aromatic N) is 3. The molecular weight excluding hydrogens is 432 g/mol. The van der Waals surface area contributed by atoms with Crippen molar-refractivity contribution >= 4 is 23.5 Å². The van der Waals surface area contributed by atoms with Gasteiger partial charge in [0.15, 0.2) is 0 Å². The van der Waals surface area contributed by atoms with E-state index in [1.807, 2.05) is 4.90 Å². The molecule has 1 aromatic carbocycles. The minimum atomic E-state index is -0.440. The average molecular weight is 471 g/mol. The molecule has 0 radical (unpaired) electrons. The predicted molar refractivity (Wildman–Crippen MR) is 131 cm³/mol. The Balaban J connectivity index is 1.24. The summed E-state index contributed by atoms with van der Waals surface area (Å²) in [7, 11) is 0. The number of carbonyl (C=O) groups is 3. The van der Waals surface area contributed by atoms with Gasteiger partial charge in [0.25, 0.3) is 5.91 Å². The van der Waals surface area contributed by atoms with Crippen LogP contribution in [0.5, 0.6) is 0 Å². The first kappa shape index (κ1) is 24.7. The number of hydrogen-bond acceptors (Lipinski definition) is 5. The summed E-state index contributed by atoms with van der Waals surface area (Å²) in [5, 5.41) is 2.33. The fourth-order valence-corrected chi connectivity index (χ4v) is 4.98. The van der Waals surface area contributed by atoms with Crippen LogP contribution in [0.15, 0.2) is 24.3 Å². The van der Waals surface area contributed by atoms with Crippen LogP contribution in [0, 0.1) is 5.92 Å². The highest BCUT2D eigenvalue weighted by Crippen LogP contribution is 2.24. The highest BCUT2D eigenvalue weighted by atomic mass is 16.5. The topological polar surface area (TPSA) is 82.2 Å². The third-order valence-electron chi connectivity index (χ3n) is 7.13. The van der Waals surface area contributed by atoms with E-state index in [1.54, 1.807) is 24.3 Å². The van der Waals surface area contributed by atoms with Crippen LogP contribution in [0.3, 0.4) is 0 Å². The van der Waals surface area contributed by atoms with Crippen molar-refractivity contribution in [2.45, 2.75) is 64.6 Å². The van der Waals surface area contributed by atoms with Crippen LogP contribution >= 0.6 is 0 Å². The Morgan fingerprint density at radius 1 is 1.03 bits per heavy atom. The first-order valence-electron chi connectivity index (χ1n) is 12.8. The molecule has 0 atom stereocenters. The third kappa shape index (κ3) is 6.36. The second kappa shape index (κ2) is 11.3. The average Bonchev–Trinajstić information content (AvgIpc) is 2.84. The third-order valence-corrected chi connectivity index (χ3v) is 7.13. The Morgan fingerprint density at radius 3 is 2.35 bits per heavy atom. The molecule has 186 valence electrons. The molecule has 1 aromatic rings. The lowest BCUT2D eigenvalue weighted by Gasteiger charge is -2.37. The number of hydrogen-bond donors (Lipinski definition) is 1. The first-order valence-corrected chi connectivity index (χ1v) is 12.8. The number of benzene rings is 1. The fraction of sp³-hybridized carbons (Fsp3) is 0.654. The molecule has 8 nitrogen and oxygen atoms in total. The number of anilines is 1. The van der Waals surface area contributed by atoms with Crippen LogP contribution < -0.4 is 10.2 Å². The molecule has 3 aliphatic heterocycles. The van der Waals surface area contributed by atoms with Gasteiger partial charge in [-0.25, -0.2) is 4.79 Å². The fourth-order valence-electron chi connectivity index (χ4n) is 4.98. The predicted octanol–water partition coefficient (Wildman–Crippen LogP) is 3.26. The van der Waals surface area contributed by atoms with Crippen LogP contribution in [0.25, 0.3) is 0 Å². The van der Waals surface area contributed by atoms with E-state index in [0.29, 0.717) is 37.0 Å². The lowest BCUT2D eigenvalue weighted by molar-refractivity contribution is -0.120. The molecule has 3 saturated heterocycles. The van der Waals surface area contributed by atoms with Gasteiger partial charge in [-0.05, 0) is 62.8 Å². The zero-order chi connectivity index (χ0) is 24.1. The molecule has 4 rings (SSSR count). The molecule has 3 heterocycles. The van der Waals surface area contributed by atoms with Crippen molar-refractivity contribution in [1.29, 1.82) is 0 Å². The van der Waals surface area contributed by atoms with E-state index in [9.17, 15) is 14.4 Å². The molecule has 3 aliphatic rings. The molecule has 1 N–H and O–H groups in total. The lowest BCUT2D eigenvalue weighted by atomic mass is 10.0. The second-order valence-corrected chi connectivity index (χ2v) is 10.2. The molecule has 0 spiro atoms. The molecule has 0 aliphatic carbocycles. The van der Waals surface area contributed by atoms with E-state index in [2.05, 4.69) is 24.1 Å². The zero-order valence-corrected chi connectivity index (χ0v) is 20.5. The second-order valence-electron chi connectivity index (χ2n) is 10.2. The van der Waals surface area contributed by atoms with Gasteiger partial charge < -0.3 is 14.5 Å². The highest BCUT2D eigenvalue weighted by molar-refractivity contribution is 6.06. The van der Waals surface area contributed by atoms with Gasteiger partial charge in [-0.3, -0.25) is 19.8 Å². The monoisotopic (exact) mass is 470 g/mol. The molecule has 8 heteroatoms. The van der Waals surface area contributed by atoms with Crippen molar-refractivity contribution in [2.75, 3.05) is 44.2 Å². The number of piperidine rings is 2. The van der Waals surface area contributed by atoms with Gasteiger partial charge >= 0.3 is 6.03 Å². The Labute approximate surface area is 202 Å². The summed E-state index contributed by atoms with van der Waals surface area (Å²) in [6.07, 6.45) is 5.98. The smallest absolute Gasteiger partial charge is 0.328 e. The minimum absolute atomic E-state index is 0.0211. The maximum Gasteiger partial charge on any atom is 0.328 e. The van der Waals surface area contributed by atoms with Crippen LogP contribution in [-0.4, -0.2) is 79.1 Å². The number of ether oxygens (including phenoxy) is 1. The van der Waals surface area contributed by atoms with Gasteiger partial charge in [0.1, 0.15) is 0 Å². The van der Waals surface area contributed by atoms with Crippen LogP contribution in [0.1, 0.15) is 62.7 Å². The standard InChI is InChI=1S/C26H38N4O4/c1-19(2)6-12-28-13-7-22(8-14-28)34-23-9-15-29(16-10-23)25(32)20-4-3-5-21(18-20)30-17-11-24(31)27-26(30)33/h3-5,18-19,22-23H,6-17H2,1-2H3,(H,27,31,33). The van der Waals surface area contributed by atoms with E-state index in [1.165, 1.54) is 17.9 Å². The van der Waals surface area contributed by atoms with Gasteiger partial charge in [0, 0.05) is 50.4 Å². The Bertz CT molecular complexity index is 873. The number of carbonyl (C=O) groups excluding carboxylic acids is 3. The van der Waals surface area contributed by atoms with Crippen LogP contribution in [0.4, 0.5) is 10.5 Å². The number of rotatable bonds is 7. The van der Waals surface area contributed by atoms with E-state index < -0.39 is 6.03 Å². The van der Waals surface area contributed by atoms with E-state index in [0.717, 1.165) is 44.7 Å². The summed E-state index contributed by atoms with van der Waals surface area (Å²) in [4.78, 5) is 42.6. The van der Waals surface area contributed by atoms with Crippen molar-refractivity contribution in [2.24, 2.45) is 5.92 Å². The normalized spacial score (nSPS) is 21.3. The SMILES string of the molecule is CC(C)CCN1CCC(OC2CCN(C(=O)c3cccc(N4CCC(=O)NC4=O)c3)CC2)CC1. The summed E-state index contributed by atoms with van der Waals surface area (Å²) in [6.45, 7) is 9.66. The number of amides is 4. The van der Waals surface area contributed by atoms with Crippen LogP contribution in [0.2, 0.25) is 0 Å². The number of likely N-dealkylation sites (tertiary alicyclic amines) is 2. The summed E-state index contributed by atoms with van der Waals surface area (Å²) in [6, 6.07) is 6.67. The highest BCUT2D eigenvalue weighted by Gasteiger charge is 2.29. The Morgan fingerprint density at radius 2 is 1.71 bits per heavy atom. The van der Waals surface area contributed by atoms with E-state index >= 15 is 0 Å². The number of nitrogens with one attached hydrogen (secondary N) is 1. The van der Waals surface area contributed by atoms with Crippen molar-refractivity contribution in [3.8, 4) is 0 Å². The Hall–Kier alpha value is -2.45. The molecule has 4 amide bonds. The lowest BCUT2D eigenvalue weighted by Crippen LogP contribution is -2.49. The number of imide groups is 1. The van der Waals surface area contributed by atoms with Crippen molar-refractivity contribution in [3.63, 3.8) is 0 Å². The van der Waals surface area contributed by atoms with E-state index in [-0.39, 0.29) is 24.3 Å². The van der Waals surface area contributed by atoms with Crippen molar-refractivity contribution < 1.29 is 19.1 Å². The summed E-state index contributed by atoms with van der Waals surface area (Å²) < 4.78 is 6.42. The maximum absolute atomic E-state index is 13.1. The van der Waals surface area contributed by atoms with Gasteiger partial charge in [-0.1, -0.05) is 19.9 Å². The maximum atomic E-state index is 13.1. The van der Waals surface area contributed by atoms with Crippen molar-refractivity contribution in [1.82, 2.24) is 15.1 Å². The minimum Gasteiger partial charge on any atom is -0.375 e. The first-order chi connectivity index (χ1) is 16.4. The van der Waals surface area contributed by atoms with E-state index in [4.69, 9.17) is 4.74 Å². The molecule has 3 fully saturated rings. The summed E-state index contributed by atoms with van der Waals surface area (Å²) in [5.74, 6) is 0.460. The Kier molecular flexibility index (Phi) is 8.21. The number of urea groups is 1. The summed E-state index contributed by atoms with van der Waals surface area (Å²) in [5.41, 5.74) is 1.20. The molecule has 0 aromatic heterocycles. The zero-order valence-electron chi connectivity index (χ0n) is 20.5.